The van der Waals surface area contributed by atoms with Crippen molar-refractivity contribution in [3.63, 3.8) is 0 Å². The third-order valence-corrected chi connectivity index (χ3v) is 2.66. The molecule has 0 aromatic heterocycles. The molecule has 0 bridgehead atoms. The molecule has 0 saturated heterocycles. The molecule has 1 unspecified atom stereocenters. The first-order valence-electron chi connectivity index (χ1n) is 5.12. The van der Waals surface area contributed by atoms with E-state index >= 15 is 0 Å². The van der Waals surface area contributed by atoms with Gasteiger partial charge in [-0.3, -0.25) is 11.3 Å². The van der Waals surface area contributed by atoms with E-state index in [1.54, 1.807) is 6.92 Å². The highest BCUT2D eigenvalue weighted by Gasteiger charge is 2.26. The molecule has 1 aromatic rings. The average Bonchev–Trinajstić information content (AvgIpc) is 1.99. The second kappa shape index (κ2) is 4.31. The first-order chi connectivity index (χ1) is 6.88. The van der Waals surface area contributed by atoms with Crippen molar-refractivity contribution < 1.29 is 5.11 Å². The fourth-order valence-corrected chi connectivity index (χ4v) is 2.32. The highest BCUT2D eigenvalue weighted by atomic mass is 16.3. The van der Waals surface area contributed by atoms with Gasteiger partial charge in [-0.2, -0.15) is 0 Å². The van der Waals surface area contributed by atoms with Crippen molar-refractivity contribution in [2.45, 2.75) is 33.3 Å². The Balaban J connectivity index is 3.24. The second-order valence-corrected chi connectivity index (χ2v) is 4.43. The number of aryl methyl sites for hydroxylation is 3. The molecule has 0 fully saturated rings. The molecule has 15 heavy (non-hydrogen) atoms. The first-order valence-corrected chi connectivity index (χ1v) is 5.12. The maximum Gasteiger partial charge on any atom is 0.101 e. The van der Waals surface area contributed by atoms with Crippen LogP contribution >= 0.6 is 0 Å². The third kappa shape index (κ3) is 2.56. The van der Waals surface area contributed by atoms with Gasteiger partial charge in [0.1, 0.15) is 5.60 Å². The Kier molecular flexibility index (Phi) is 3.50. The van der Waals surface area contributed by atoms with Gasteiger partial charge in [0.15, 0.2) is 0 Å². The molecule has 0 amide bonds. The molecule has 0 aliphatic heterocycles. The second-order valence-electron chi connectivity index (χ2n) is 4.43. The Morgan fingerprint density at radius 3 is 2.13 bits per heavy atom. The molecular weight excluding hydrogens is 188 g/mol. The van der Waals surface area contributed by atoms with E-state index < -0.39 is 5.60 Å². The lowest BCUT2D eigenvalue weighted by molar-refractivity contribution is 0.0560. The number of hydrogen-bond donors (Lipinski definition) is 3. The van der Waals surface area contributed by atoms with Gasteiger partial charge in [-0.05, 0) is 44.4 Å². The molecule has 1 aromatic carbocycles. The van der Waals surface area contributed by atoms with Crippen molar-refractivity contribution >= 4 is 0 Å². The van der Waals surface area contributed by atoms with Crippen molar-refractivity contribution in [1.29, 1.82) is 0 Å². The minimum atomic E-state index is -0.920. The molecule has 0 saturated carbocycles. The molecule has 0 heterocycles. The summed E-state index contributed by atoms with van der Waals surface area (Å²) < 4.78 is 0. The third-order valence-electron chi connectivity index (χ3n) is 2.66. The number of hydrazine groups is 1. The van der Waals surface area contributed by atoms with Gasteiger partial charge in [0.2, 0.25) is 0 Å². The van der Waals surface area contributed by atoms with Crippen LogP contribution in [0.15, 0.2) is 12.1 Å². The number of nitrogens with one attached hydrogen (secondary N) is 1. The first kappa shape index (κ1) is 12.2. The van der Waals surface area contributed by atoms with Crippen LogP contribution in [0.5, 0.6) is 0 Å². The highest BCUT2D eigenvalue weighted by Crippen LogP contribution is 2.27. The van der Waals surface area contributed by atoms with E-state index in [1.165, 1.54) is 5.56 Å². The lowest BCUT2D eigenvalue weighted by Gasteiger charge is -2.27. The predicted molar refractivity (Wildman–Crippen MR) is 62.4 cm³/mol. The Morgan fingerprint density at radius 1 is 1.27 bits per heavy atom. The van der Waals surface area contributed by atoms with Crippen LogP contribution in [0.3, 0.4) is 0 Å². The van der Waals surface area contributed by atoms with Gasteiger partial charge in [-0.15, -0.1) is 0 Å². The predicted octanol–water partition coefficient (Wildman–Crippen LogP) is 1.28. The van der Waals surface area contributed by atoms with Crippen molar-refractivity contribution in [3.8, 4) is 0 Å². The molecule has 1 rings (SSSR count). The smallest absolute Gasteiger partial charge is 0.101 e. The van der Waals surface area contributed by atoms with Gasteiger partial charge in [0.05, 0.1) is 0 Å². The van der Waals surface area contributed by atoms with E-state index in [0.717, 1.165) is 16.7 Å². The van der Waals surface area contributed by atoms with E-state index in [4.69, 9.17) is 5.84 Å². The van der Waals surface area contributed by atoms with E-state index in [0.29, 0.717) is 6.54 Å². The maximum absolute atomic E-state index is 10.3. The van der Waals surface area contributed by atoms with Crippen LogP contribution in [0.25, 0.3) is 0 Å². The molecule has 0 radical (unpaired) electrons. The van der Waals surface area contributed by atoms with Crippen LogP contribution in [0, 0.1) is 20.8 Å². The monoisotopic (exact) mass is 208 g/mol. The van der Waals surface area contributed by atoms with Crippen molar-refractivity contribution in [3.05, 3.63) is 34.4 Å². The minimum Gasteiger partial charge on any atom is -0.384 e. The van der Waals surface area contributed by atoms with Crippen molar-refractivity contribution in [1.82, 2.24) is 5.43 Å². The van der Waals surface area contributed by atoms with Crippen LogP contribution in [0.4, 0.5) is 0 Å². The summed E-state index contributed by atoms with van der Waals surface area (Å²) in [6.07, 6.45) is 0. The largest absolute Gasteiger partial charge is 0.384 e. The average molecular weight is 208 g/mol. The molecule has 3 heteroatoms. The summed E-state index contributed by atoms with van der Waals surface area (Å²) in [4.78, 5) is 0. The highest BCUT2D eigenvalue weighted by molar-refractivity contribution is 5.41. The normalized spacial score (nSPS) is 15.1. The molecular formula is C12H20N2O. The maximum atomic E-state index is 10.3. The van der Waals surface area contributed by atoms with Crippen LogP contribution in [-0.4, -0.2) is 11.7 Å². The zero-order valence-electron chi connectivity index (χ0n) is 9.89. The molecule has 3 nitrogen and oxygen atoms in total. The quantitative estimate of drug-likeness (QED) is 0.518. The van der Waals surface area contributed by atoms with Gasteiger partial charge < -0.3 is 5.11 Å². The lowest BCUT2D eigenvalue weighted by atomic mass is 9.87. The Bertz CT molecular complexity index is 336. The molecule has 0 spiro atoms. The summed E-state index contributed by atoms with van der Waals surface area (Å²) in [7, 11) is 0. The lowest BCUT2D eigenvalue weighted by Crippen LogP contribution is -2.39. The van der Waals surface area contributed by atoms with Crippen molar-refractivity contribution in [2.24, 2.45) is 5.84 Å². The standard InChI is InChI=1S/C12H20N2O/c1-8-5-9(2)11(10(3)6-8)12(4,15)7-14-13/h5-6,14-15H,7,13H2,1-4H3. The van der Waals surface area contributed by atoms with E-state index in [1.807, 2.05) is 13.8 Å². The Hall–Kier alpha value is -0.900. The number of nitrogens with two attached hydrogens (primary N) is 1. The van der Waals surface area contributed by atoms with Crippen LogP contribution in [-0.2, 0) is 5.60 Å². The van der Waals surface area contributed by atoms with E-state index in [2.05, 4.69) is 24.5 Å². The van der Waals surface area contributed by atoms with Gasteiger partial charge in [0.25, 0.3) is 0 Å². The van der Waals surface area contributed by atoms with Gasteiger partial charge in [0, 0.05) is 6.54 Å². The summed E-state index contributed by atoms with van der Waals surface area (Å²) in [6.45, 7) is 8.20. The Morgan fingerprint density at radius 2 is 1.73 bits per heavy atom. The number of rotatable bonds is 3. The minimum absolute atomic E-state index is 0.345. The topological polar surface area (TPSA) is 58.3 Å². The fourth-order valence-electron chi connectivity index (χ4n) is 2.32. The molecule has 1 atom stereocenters. The summed E-state index contributed by atoms with van der Waals surface area (Å²) in [5.74, 6) is 5.27. The zero-order valence-corrected chi connectivity index (χ0v) is 9.89. The SMILES string of the molecule is Cc1cc(C)c(C(C)(O)CNN)c(C)c1. The van der Waals surface area contributed by atoms with Crippen LogP contribution < -0.4 is 11.3 Å². The van der Waals surface area contributed by atoms with E-state index in [-0.39, 0.29) is 0 Å². The molecule has 4 N–H and O–H groups in total. The summed E-state index contributed by atoms with van der Waals surface area (Å²) in [6, 6.07) is 4.15. The zero-order chi connectivity index (χ0) is 11.6. The van der Waals surface area contributed by atoms with Gasteiger partial charge >= 0.3 is 0 Å². The molecule has 0 aliphatic carbocycles. The van der Waals surface area contributed by atoms with Gasteiger partial charge in [-0.1, -0.05) is 17.7 Å². The fraction of sp³-hybridized carbons (Fsp3) is 0.500. The van der Waals surface area contributed by atoms with Crippen LogP contribution in [0.2, 0.25) is 0 Å². The Labute approximate surface area is 91.3 Å². The molecule has 0 aliphatic rings. The van der Waals surface area contributed by atoms with E-state index in [9.17, 15) is 5.11 Å². The van der Waals surface area contributed by atoms with Crippen LogP contribution in [0.1, 0.15) is 29.2 Å². The summed E-state index contributed by atoms with van der Waals surface area (Å²) in [5.41, 5.74) is 5.99. The number of hydrogen-bond acceptors (Lipinski definition) is 3. The summed E-state index contributed by atoms with van der Waals surface area (Å²) in [5, 5.41) is 10.3. The van der Waals surface area contributed by atoms with Gasteiger partial charge in [-0.25, -0.2) is 0 Å². The van der Waals surface area contributed by atoms with Crippen molar-refractivity contribution in [2.75, 3.05) is 6.54 Å². The number of aliphatic hydroxyl groups is 1. The molecule has 84 valence electrons. The number of benzene rings is 1. The summed E-state index contributed by atoms with van der Waals surface area (Å²) >= 11 is 0.